The van der Waals surface area contributed by atoms with Crippen molar-refractivity contribution >= 4 is 15.9 Å². The lowest BCUT2D eigenvalue weighted by Crippen LogP contribution is -2.34. The standard InChI is InChI=1S/C11H18FN3O3S/c1-15(7-3-6-13)19(16,17)14-10-5-4-9(12)8-11(10)18-2/h4-5,8,14H,3,6-7,13H2,1-2H3. The molecule has 0 saturated heterocycles. The summed E-state index contributed by atoms with van der Waals surface area (Å²) in [7, 11) is -0.929. The van der Waals surface area contributed by atoms with Gasteiger partial charge in [-0.15, -0.1) is 0 Å². The summed E-state index contributed by atoms with van der Waals surface area (Å²) in [6.07, 6.45) is 0.554. The predicted molar refractivity (Wildman–Crippen MR) is 71.8 cm³/mol. The first-order valence-electron chi connectivity index (χ1n) is 5.68. The van der Waals surface area contributed by atoms with E-state index in [1.54, 1.807) is 0 Å². The molecule has 0 aromatic heterocycles. The van der Waals surface area contributed by atoms with Crippen LogP contribution in [0.2, 0.25) is 0 Å². The van der Waals surface area contributed by atoms with Crippen molar-refractivity contribution in [2.75, 3.05) is 32.0 Å². The molecule has 0 spiro atoms. The summed E-state index contributed by atoms with van der Waals surface area (Å²) in [5.74, 6) is -0.382. The van der Waals surface area contributed by atoms with Crippen molar-refractivity contribution in [2.24, 2.45) is 5.73 Å². The summed E-state index contributed by atoms with van der Waals surface area (Å²) in [6, 6.07) is 3.57. The monoisotopic (exact) mass is 291 g/mol. The summed E-state index contributed by atoms with van der Waals surface area (Å²) in [5, 5.41) is 0. The Labute approximate surface area is 112 Å². The highest BCUT2D eigenvalue weighted by Gasteiger charge is 2.19. The van der Waals surface area contributed by atoms with Crippen LogP contribution in [-0.4, -0.2) is 40.0 Å². The molecule has 0 radical (unpaired) electrons. The lowest BCUT2D eigenvalue weighted by molar-refractivity contribution is 0.413. The van der Waals surface area contributed by atoms with Gasteiger partial charge in [0, 0.05) is 19.7 Å². The molecule has 6 nitrogen and oxygen atoms in total. The zero-order valence-corrected chi connectivity index (χ0v) is 11.7. The number of halogens is 1. The second kappa shape index (κ2) is 6.69. The van der Waals surface area contributed by atoms with Gasteiger partial charge in [0.1, 0.15) is 11.6 Å². The molecule has 0 fully saturated rings. The number of ether oxygens (including phenoxy) is 1. The van der Waals surface area contributed by atoms with Gasteiger partial charge >= 0.3 is 10.2 Å². The Bertz CT molecular complexity index is 522. The smallest absolute Gasteiger partial charge is 0.301 e. The fraction of sp³-hybridized carbons (Fsp3) is 0.455. The van der Waals surface area contributed by atoms with Crippen LogP contribution in [0.15, 0.2) is 18.2 Å². The largest absolute Gasteiger partial charge is 0.494 e. The predicted octanol–water partition coefficient (Wildman–Crippen LogP) is 0.772. The van der Waals surface area contributed by atoms with Crippen LogP contribution in [0.4, 0.5) is 10.1 Å². The van der Waals surface area contributed by atoms with Crippen LogP contribution in [0, 0.1) is 5.82 Å². The minimum Gasteiger partial charge on any atom is -0.494 e. The minimum atomic E-state index is -3.71. The van der Waals surface area contributed by atoms with Crippen molar-refractivity contribution in [3.8, 4) is 5.75 Å². The third-order valence-electron chi connectivity index (χ3n) is 2.49. The lowest BCUT2D eigenvalue weighted by atomic mass is 10.3. The second-order valence-corrected chi connectivity index (χ2v) is 5.69. The summed E-state index contributed by atoms with van der Waals surface area (Å²) < 4.78 is 45.4. The topological polar surface area (TPSA) is 84.7 Å². The van der Waals surface area contributed by atoms with Gasteiger partial charge in [-0.25, -0.2) is 4.39 Å². The number of anilines is 1. The van der Waals surface area contributed by atoms with Crippen LogP contribution in [0.1, 0.15) is 6.42 Å². The minimum absolute atomic E-state index is 0.121. The first-order valence-corrected chi connectivity index (χ1v) is 7.12. The number of methoxy groups -OCH3 is 1. The zero-order valence-electron chi connectivity index (χ0n) is 10.9. The van der Waals surface area contributed by atoms with Crippen LogP contribution in [0.25, 0.3) is 0 Å². The highest BCUT2D eigenvalue weighted by atomic mass is 32.2. The molecular weight excluding hydrogens is 273 g/mol. The molecule has 0 unspecified atom stereocenters. The maximum absolute atomic E-state index is 13.0. The van der Waals surface area contributed by atoms with Gasteiger partial charge in [0.25, 0.3) is 0 Å². The zero-order chi connectivity index (χ0) is 14.5. The first-order chi connectivity index (χ1) is 8.90. The molecule has 1 rings (SSSR count). The number of hydrogen-bond acceptors (Lipinski definition) is 4. The number of nitrogens with one attached hydrogen (secondary N) is 1. The van der Waals surface area contributed by atoms with Crippen LogP contribution in [0.5, 0.6) is 5.75 Å². The van der Waals surface area contributed by atoms with E-state index in [1.165, 1.54) is 20.2 Å². The second-order valence-electron chi connectivity index (χ2n) is 3.92. The number of nitrogens with zero attached hydrogens (tertiary/aromatic N) is 1. The van der Waals surface area contributed by atoms with Crippen molar-refractivity contribution in [2.45, 2.75) is 6.42 Å². The van der Waals surface area contributed by atoms with Crippen molar-refractivity contribution in [3.63, 3.8) is 0 Å². The SMILES string of the molecule is COc1cc(F)ccc1NS(=O)(=O)N(C)CCCN. The Hall–Kier alpha value is -1.38. The van der Waals surface area contributed by atoms with E-state index in [9.17, 15) is 12.8 Å². The normalized spacial score (nSPS) is 11.6. The average Bonchev–Trinajstić information content (AvgIpc) is 2.37. The summed E-state index contributed by atoms with van der Waals surface area (Å²) in [4.78, 5) is 0. The molecule has 19 heavy (non-hydrogen) atoms. The molecule has 1 aromatic rings. The Balaban J connectivity index is 2.89. The summed E-state index contributed by atoms with van der Waals surface area (Å²) in [5.41, 5.74) is 5.52. The van der Waals surface area contributed by atoms with E-state index in [2.05, 4.69) is 4.72 Å². The molecule has 0 aliphatic carbocycles. The highest BCUT2D eigenvalue weighted by Crippen LogP contribution is 2.26. The van der Waals surface area contributed by atoms with Gasteiger partial charge in [0.15, 0.2) is 0 Å². The van der Waals surface area contributed by atoms with Gasteiger partial charge in [0.05, 0.1) is 12.8 Å². The van der Waals surface area contributed by atoms with E-state index >= 15 is 0 Å². The third-order valence-corrected chi connectivity index (χ3v) is 3.97. The first kappa shape index (κ1) is 15.7. The lowest BCUT2D eigenvalue weighted by Gasteiger charge is -2.19. The molecule has 3 N–H and O–H groups in total. The molecule has 0 aliphatic rings. The Kier molecular flexibility index (Phi) is 5.52. The fourth-order valence-electron chi connectivity index (χ4n) is 1.40. The molecule has 0 aliphatic heterocycles. The van der Waals surface area contributed by atoms with Crippen LogP contribution < -0.4 is 15.2 Å². The van der Waals surface area contributed by atoms with Gasteiger partial charge in [-0.2, -0.15) is 12.7 Å². The summed E-state index contributed by atoms with van der Waals surface area (Å²) in [6.45, 7) is 0.703. The number of rotatable bonds is 7. The van der Waals surface area contributed by atoms with Crippen molar-refractivity contribution < 1.29 is 17.5 Å². The van der Waals surface area contributed by atoms with E-state index in [-0.39, 0.29) is 11.4 Å². The molecule has 1 aromatic carbocycles. The van der Waals surface area contributed by atoms with Crippen molar-refractivity contribution in [1.82, 2.24) is 4.31 Å². The molecule has 0 atom stereocenters. The van der Waals surface area contributed by atoms with Gasteiger partial charge in [0.2, 0.25) is 0 Å². The Morgan fingerprint density at radius 3 is 2.74 bits per heavy atom. The van der Waals surface area contributed by atoms with Gasteiger partial charge in [-0.1, -0.05) is 0 Å². The molecule has 108 valence electrons. The van der Waals surface area contributed by atoms with E-state index in [4.69, 9.17) is 10.5 Å². The maximum Gasteiger partial charge on any atom is 0.301 e. The highest BCUT2D eigenvalue weighted by molar-refractivity contribution is 7.90. The molecule has 0 amide bonds. The van der Waals surface area contributed by atoms with Gasteiger partial charge in [-0.05, 0) is 25.1 Å². The van der Waals surface area contributed by atoms with Crippen molar-refractivity contribution in [3.05, 3.63) is 24.0 Å². The van der Waals surface area contributed by atoms with Gasteiger partial charge in [-0.3, -0.25) is 4.72 Å². The Morgan fingerprint density at radius 1 is 1.47 bits per heavy atom. The van der Waals surface area contributed by atoms with Crippen LogP contribution >= 0.6 is 0 Å². The third kappa shape index (κ3) is 4.34. The Morgan fingerprint density at radius 2 is 2.16 bits per heavy atom. The van der Waals surface area contributed by atoms with E-state index in [1.807, 2.05) is 0 Å². The molecule has 8 heteroatoms. The fourth-order valence-corrected chi connectivity index (χ4v) is 2.37. The molecule has 0 saturated carbocycles. The molecule has 0 heterocycles. The molecule has 0 bridgehead atoms. The number of hydrogen-bond donors (Lipinski definition) is 2. The average molecular weight is 291 g/mol. The van der Waals surface area contributed by atoms with Crippen molar-refractivity contribution in [1.29, 1.82) is 0 Å². The quantitative estimate of drug-likeness (QED) is 0.777. The van der Waals surface area contributed by atoms with E-state index in [0.29, 0.717) is 19.5 Å². The summed E-state index contributed by atoms with van der Waals surface area (Å²) >= 11 is 0. The van der Waals surface area contributed by atoms with Crippen LogP contribution in [0.3, 0.4) is 0 Å². The number of benzene rings is 1. The van der Waals surface area contributed by atoms with Gasteiger partial charge < -0.3 is 10.5 Å². The van der Waals surface area contributed by atoms with E-state index in [0.717, 1.165) is 16.4 Å². The maximum atomic E-state index is 13.0. The van der Waals surface area contributed by atoms with Crippen LogP contribution in [-0.2, 0) is 10.2 Å². The number of nitrogens with two attached hydrogens (primary N) is 1. The van der Waals surface area contributed by atoms with E-state index < -0.39 is 16.0 Å². The molecular formula is C11H18FN3O3S.